The van der Waals surface area contributed by atoms with Crippen molar-refractivity contribution in [3.8, 4) is 0 Å². The van der Waals surface area contributed by atoms with Gasteiger partial charge in [-0.3, -0.25) is 4.79 Å². The van der Waals surface area contributed by atoms with Gasteiger partial charge in [0.2, 0.25) is 0 Å². The van der Waals surface area contributed by atoms with E-state index in [0.29, 0.717) is 6.42 Å². The molecule has 0 radical (unpaired) electrons. The number of esters is 1. The van der Waals surface area contributed by atoms with Gasteiger partial charge in [0.05, 0.1) is 6.61 Å². The van der Waals surface area contributed by atoms with Crippen molar-refractivity contribution in [3.05, 3.63) is 0 Å². The van der Waals surface area contributed by atoms with Crippen molar-refractivity contribution in [2.45, 2.75) is 145 Å². The van der Waals surface area contributed by atoms with Gasteiger partial charge in [0.25, 0.3) is 0 Å². The Bertz CT molecular complexity index is 621. The summed E-state index contributed by atoms with van der Waals surface area (Å²) in [6.07, 6.45) is -4.15. The molecule has 11 heteroatoms. The second-order valence-corrected chi connectivity index (χ2v) is 10.1. The Morgan fingerprint density at radius 1 is 0.667 bits per heavy atom. The third kappa shape index (κ3) is 9.14. The first-order valence-electron chi connectivity index (χ1n) is 13.4. The molecule has 0 amide bonds. The van der Waals surface area contributed by atoms with E-state index in [1.807, 2.05) is 0 Å². The highest BCUT2D eigenvalue weighted by Crippen LogP contribution is 2.30. The molecule has 11 nitrogen and oxygen atoms in total. The van der Waals surface area contributed by atoms with Gasteiger partial charge in [-0.2, -0.15) is 0 Å². The average molecular weight is 523 g/mol. The molecule has 10 atom stereocenters. The van der Waals surface area contributed by atoms with Crippen molar-refractivity contribution in [2.75, 3.05) is 6.61 Å². The van der Waals surface area contributed by atoms with E-state index in [-0.39, 0.29) is 13.0 Å². The molecular formula is C25H46O11. The number of carbonyl (C=O) groups excluding carboxylic acids is 1. The van der Waals surface area contributed by atoms with E-state index >= 15 is 0 Å². The van der Waals surface area contributed by atoms with E-state index < -0.39 is 67.2 Å². The molecular weight excluding hydrogens is 476 g/mol. The van der Waals surface area contributed by atoms with Crippen molar-refractivity contribution < 1.29 is 54.8 Å². The molecule has 2 fully saturated rings. The first-order valence-corrected chi connectivity index (χ1v) is 13.4. The third-order valence-electron chi connectivity index (χ3n) is 7.04. The number of hydrogen-bond acceptors (Lipinski definition) is 11. The zero-order valence-electron chi connectivity index (χ0n) is 21.2. The molecule has 0 aromatic carbocycles. The summed E-state index contributed by atoms with van der Waals surface area (Å²) in [5.41, 5.74) is 0. The largest absolute Gasteiger partial charge is 0.457 e. The number of aliphatic hydroxyl groups excluding tert-OH is 7. The number of unbranched alkanes of at least 4 members (excludes halogenated alkanes) is 10. The van der Waals surface area contributed by atoms with Gasteiger partial charge < -0.3 is 50.0 Å². The van der Waals surface area contributed by atoms with E-state index in [1.165, 1.54) is 44.9 Å². The van der Waals surface area contributed by atoms with Crippen LogP contribution in [0.3, 0.4) is 0 Å². The Morgan fingerprint density at radius 2 is 1.17 bits per heavy atom. The fraction of sp³-hybridized carbons (Fsp3) is 0.960. The van der Waals surface area contributed by atoms with Gasteiger partial charge in [-0.05, 0) is 6.42 Å². The molecule has 1 aliphatic carbocycles. The zero-order valence-corrected chi connectivity index (χ0v) is 21.2. The molecule has 212 valence electrons. The summed E-state index contributed by atoms with van der Waals surface area (Å²) in [4.78, 5) is 12.4. The molecule has 1 heterocycles. The molecule has 0 bridgehead atoms. The second-order valence-electron chi connectivity index (χ2n) is 10.1. The minimum atomic E-state index is -1.82. The van der Waals surface area contributed by atoms with Crippen LogP contribution in [-0.2, 0) is 19.0 Å². The maximum absolute atomic E-state index is 12.4. The standard InChI is InChI=1S/C25H46O11/c1-2-3-4-5-6-7-8-9-10-11-12-13-16(27)35-23-20(31)18(29)19(30)21(32)24(23)36-25-22(33)17(28)15(26)14-34-25/h15,17-26,28-33H,2-14H2,1H3/t15-,17+,18+,19+,20-,21-,22+,23-,24+,25+/m1/s1. The highest BCUT2D eigenvalue weighted by atomic mass is 16.7. The van der Waals surface area contributed by atoms with Crippen LogP contribution in [0.2, 0.25) is 0 Å². The lowest BCUT2D eigenvalue weighted by Crippen LogP contribution is -2.67. The fourth-order valence-corrected chi connectivity index (χ4v) is 4.67. The minimum Gasteiger partial charge on any atom is -0.457 e. The lowest BCUT2D eigenvalue weighted by Gasteiger charge is -2.45. The van der Waals surface area contributed by atoms with Crippen LogP contribution in [-0.4, -0.2) is 110 Å². The molecule has 2 aliphatic rings. The highest BCUT2D eigenvalue weighted by Gasteiger charge is 2.53. The molecule has 36 heavy (non-hydrogen) atoms. The normalized spacial score (nSPS) is 37.1. The maximum atomic E-state index is 12.4. The van der Waals surface area contributed by atoms with Gasteiger partial charge in [0, 0.05) is 6.42 Å². The molecule has 0 spiro atoms. The minimum absolute atomic E-state index is 0.0646. The zero-order chi connectivity index (χ0) is 26.7. The van der Waals surface area contributed by atoms with E-state index in [1.54, 1.807) is 0 Å². The summed E-state index contributed by atoms with van der Waals surface area (Å²) in [6, 6.07) is 0. The Balaban J connectivity index is 1.79. The van der Waals surface area contributed by atoms with E-state index in [9.17, 15) is 40.5 Å². The summed E-state index contributed by atoms with van der Waals surface area (Å²) >= 11 is 0. The molecule has 1 aliphatic heterocycles. The van der Waals surface area contributed by atoms with E-state index in [0.717, 1.165) is 19.3 Å². The van der Waals surface area contributed by atoms with Crippen LogP contribution in [0.4, 0.5) is 0 Å². The Labute approximate surface area is 213 Å². The topological polar surface area (TPSA) is 186 Å². The van der Waals surface area contributed by atoms with Gasteiger partial charge in [-0.1, -0.05) is 71.1 Å². The van der Waals surface area contributed by atoms with Crippen LogP contribution in [0, 0.1) is 0 Å². The first kappa shape index (κ1) is 31.3. The summed E-state index contributed by atoms with van der Waals surface area (Å²) < 4.78 is 16.0. The number of aliphatic hydroxyl groups is 7. The number of ether oxygens (including phenoxy) is 3. The molecule has 2 rings (SSSR count). The molecule has 1 saturated carbocycles. The number of carbonyl (C=O) groups is 1. The first-order chi connectivity index (χ1) is 17.2. The van der Waals surface area contributed by atoms with Crippen molar-refractivity contribution in [2.24, 2.45) is 0 Å². The van der Waals surface area contributed by atoms with Crippen LogP contribution < -0.4 is 0 Å². The quantitative estimate of drug-likeness (QED) is 0.112. The molecule has 0 aromatic heterocycles. The second kappa shape index (κ2) is 16.2. The molecule has 0 unspecified atom stereocenters. The van der Waals surface area contributed by atoms with Crippen molar-refractivity contribution in [1.29, 1.82) is 0 Å². The van der Waals surface area contributed by atoms with E-state index in [4.69, 9.17) is 14.2 Å². The van der Waals surface area contributed by atoms with Gasteiger partial charge >= 0.3 is 5.97 Å². The van der Waals surface area contributed by atoms with Gasteiger partial charge in [-0.25, -0.2) is 0 Å². The third-order valence-corrected chi connectivity index (χ3v) is 7.04. The summed E-state index contributed by atoms with van der Waals surface area (Å²) in [6.45, 7) is 1.83. The summed E-state index contributed by atoms with van der Waals surface area (Å²) in [5, 5.41) is 70.6. The Hall–Kier alpha value is -0.890. The average Bonchev–Trinajstić information content (AvgIpc) is 2.86. The van der Waals surface area contributed by atoms with Crippen LogP contribution in [0.5, 0.6) is 0 Å². The lowest BCUT2D eigenvalue weighted by atomic mass is 9.84. The smallest absolute Gasteiger partial charge is 0.306 e. The molecule has 1 saturated heterocycles. The number of hydrogen-bond donors (Lipinski definition) is 7. The van der Waals surface area contributed by atoms with Crippen molar-refractivity contribution in [1.82, 2.24) is 0 Å². The van der Waals surface area contributed by atoms with E-state index in [2.05, 4.69) is 6.92 Å². The summed E-state index contributed by atoms with van der Waals surface area (Å²) in [5.74, 6) is -0.667. The van der Waals surface area contributed by atoms with Crippen LogP contribution in [0.25, 0.3) is 0 Å². The van der Waals surface area contributed by atoms with Crippen molar-refractivity contribution in [3.63, 3.8) is 0 Å². The van der Waals surface area contributed by atoms with Crippen LogP contribution in [0.1, 0.15) is 84.0 Å². The molecule has 7 N–H and O–H groups in total. The monoisotopic (exact) mass is 522 g/mol. The fourth-order valence-electron chi connectivity index (χ4n) is 4.67. The summed E-state index contributed by atoms with van der Waals surface area (Å²) in [7, 11) is 0. The van der Waals surface area contributed by atoms with Crippen LogP contribution >= 0.6 is 0 Å². The van der Waals surface area contributed by atoms with Crippen molar-refractivity contribution >= 4 is 5.97 Å². The van der Waals surface area contributed by atoms with Crippen LogP contribution in [0.15, 0.2) is 0 Å². The maximum Gasteiger partial charge on any atom is 0.306 e. The van der Waals surface area contributed by atoms with Gasteiger partial charge in [-0.15, -0.1) is 0 Å². The predicted octanol–water partition coefficient (Wildman–Crippen LogP) is -0.119. The highest BCUT2D eigenvalue weighted by molar-refractivity contribution is 5.69. The SMILES string of the molecule is CCCCCCCCCCCCCC(=O)O[C@@H]1[C@H](O)[C@@H](O)[C@H](O)[C@@H](O)[C@@H]1O[C@@H]1OC[C@@H](O)[C@H](O)[C@@H]1O. The Kier molecular flexibility index (Phi) is 14.1. The number of rotatable bonds is 15. The lowest BCUT2D eigenvalue weighted by molar-refractivity contribution is -0.322. The molecule has 0 aromatic rings. The Morgan fingerprint density at radius 3 is 1.72 bits per heavy atom. The predicted molar refractivity (Wildman–Crippen MR) is 128 cm³/mol. The van der Waals surface area contributed by atoms with Gasteiger partial charge in [0.1, 0.15) is 48.8 Å². The van der Waals surface area contributed by atoms with Gasteiger partial charge in [0.15, 0.2) is 12.4 Å².